The predicted molar refractivity (Wildman–Crippen MR) is 137 cm³/mol. The minimum atomic E-state index is -0.784. The second-order valence-electron chi connectivity index (χ2n) is 7.64. The average Bonchev–Trinajstić information content (AvgIpc) is 3.19. The Morgan fingerprint density at radius 3 is 2.74 bits per heavy atom. The fraction of sp³-hybridized carbons (Fsp3) is 0.348. The molecule has 1 aromatic heterocycles. The number of nitrogens with zero attached hydrogens (tertiary/aromatic N) is 5. The molecule has 0 spiro atoms. The summed E-state index contributed by atoms with van der Waals surface area (Å²) in [5.74, 6) is -0.331. The standard InChI is InChI=1S/C23H29F2N7OS/c1-16-11-17-19(30-16)12-18(24)23(22(17)25)33-14-28-21(32-8-6-31(4)7-9-32)13-20(27-3)29-15-34-10-5-26-2/h5,10-13,29-30H,2-3,6-9,14-15H2,1,4H3/b10-5-,20-13+,28-21+. The molecule has 0 radical (unpaired) electrons. The molecule has 1 fully saturated rings. The van der Waals surface area contributed by atoms with Gasteiger partial charge in [-0.1, -0.05) is 0 Å². The van der Waals surface area contributed by atoms with E-state index in [1.807, 2.05) is 0 Å². The topological polar surface area (TPSA) is 80.6 Å². The number of aryl methyl sites for hydroxylation is 1. The normalized spacial score (nSPS) is 15.8. The van der Waals surface area contributed by atoms with E-state index in [1.54, 1.807) is 30.7 Å². The molecule has 2 aromatic rings. The van der Waals surface area contributed by atoms with Gasteiger partial charge in [0.25, 0.3) is 0 Å². The van der Waals surface area contributed by atoms with Crippen molar-refractivity contribution in [1.82, 2.24) is 20.1 Å². The molecule has 0 bridgehead atoms. The van der Waals surface area contributed by atoms with Gasteiger partial charge in [-0.15, -0.1) is 11.8 Å². The van der Waals surface area contributed by atoms with E-state index in [4.69, 9.17) is 4.74 Å². The van der Waals surface area contributed by atoms with Crippen molar-refractivity contribution in [3.8, 4) is 5.75 Å². The minimum Gasteiger partial charge on any atom is -0.465 e. The van der Waals surface area contributed by atoms with Crippen molar-refractivity contribution in [3.05, 3.63) is 53.0 Å². The number of aliphatic imine (C=N–C) groups is 3. The number of nitrogens with one attached hydrogen (secondary N) is 2. The van der Waals surface area contributed by atoms with Crippen LogP contribution in [0.15, 0.2) is 50.6 Å². The highest BCUT2D eigenvalue weighted by Gasteiger charge is 2.19. The number of piperazine rings is 1. The number of aromatic amines is 1. The second kappa shape index (κ2) is 12.3. The number of hydrogen-bond acceptors (Lipinski definition) is 7. The van der Waals surface area contributed by atoms with Crippen LogP contribution in [0.25, 0.3) is 10.9 Å². The van der Waals surface area contributed by atoms with Crippen LogP contribution in [0.2, 0.25) is 0 Å². The maximum atomic E-state index is 14.8. The van der Waals surface area contributed by atoms with Gasteiger partial charge in [-0.2, -0.15) is 0 Å². The van der Waals surface area contributed by atoms with Gasteiger partial charge >= 0.3 is 0 Å². The van der Waals surface area contributed by atoms with Crippen LogP contribution in [0.4, 0.5) is 8.78 Å². The van der Waals surface area contributed by atoms with Crippen LogP contribution in [0, 0.1) is 18.6 Å². The zero-order valence-electron chi connectivity index (χ0n) is 19.4. The van der Waals surface area contributed by atoms with Crippen molar-refractivity contribution in [2.75, 3.05) is 45.8 Å². The summed E-state index contributed by atoms with van der Waals surface area (Å²) >= 11 is 1.48. The Bertz CT molecular complexity index is 1100. The molecule has 0 atom stereocenters. The van der Waals surface area contributed by atoms with Crippen LogP contribution in [0.1, 0.15) is 5.69 Å². The number of amidine groups is 1. The van der Waals surface area contributed by atoms with Gasteiger partial charge in [0, 0.05) is 55.6 Å². The molecule has 1 aliphatic heterocycles. The number of H-pyrrole nitrogens is 1. The summed E-state index contributed by atoms with van der Waals surface area (Å²) in [7, 11) is 2.05. The van der Waals surface area contributed by atoms with Crippen molar-refractivity contribution >= 4 is 41.9 Å². The highest BCUT2D eigenvalue weighted by Crippen LogP contribution is 2.30. The molecule has 1 aliphatic rings. The van der Waals surface area contributed by atoms with Crippen molar-refractivity contribution < 1.29 is 13.5 Å². The van der Waals surface area contributed by atoms with Crippen LogP contribution < -0.4 is 10.1 Å². The lowest BCUT2D eigenvalue weighted by atomic mass is 10.2. The number of likely N-dealkylation sites (N-methyl/N-ethyl adjacent to an activating group) is 1. The van der Waals surface area contributed by atoms with Gasteiger partial charge in [0.2, 0.25) is 0 Å². The number of halogens is 2. The minimum absolute atomic E-state index is 0.256. The van der Waals surface area contributed by atoms with E-state index in [-0.39, 0.29) is 12.1 Å². The molecule has 34 heavy (non-hydrogen) atoms. The summed E-state index contributed by atoms with van der Waals surface area (Å²) in [6.07, 6.45) is 3.35. The molecule has 8 nitrogen and oxygen atoms in total. The maximum absolute atomic E-state index is 14.8. The lowest BCUT2D eigenvalue weighted by Crippen LogP contribution is -2.47. The van der Waals surface area contributed by atoms with E-state index in [0.29, 0.717) is 23.1 Å². The lowest BCUT2D eigenvalue weighted by Gasteiger charge is -2.33. The smallest absolute Gasteiger partial charge is 0.194 e. The monoisotopic (exact) mass is 489 g/mol. The fourth-order valence-electron chi connectivity index (χ4n) is 3.42. The molecule has 2 N–H and O–H groups in total. The summed E-state index contributed by atoms with van der Waals surface area (Å²) in [5, 5.41) is 5.23. The quantitative estimate of drug-likeness (QED) is 0.230. The zero-order valence-corrected chi connectivity index (χ0v) is 20.2. The van der Waals surface area contributed by atoms with Gasteiger partial charge in [0.15, 0.2) is 24.1 Å². The second-order valence-corrected chi connectivity index (χ2v) is 8.53. The third kappa shape index (κ3) is 6.67. The molecule has 0 amide bonds. The zero-order chi connectivity index (χ0) is 24.5. The lowest BCUT2D eigenvalue weighted by molar-refractivity contribution is 0.214. The largest absolute Gasteiger partial charge is 0.465 e. The fourth-order valence-corrected chi connectivity index (χ4v) is 3.92. The first-order valence-corrected chi connectivity index (χ1v) is 11.7. The Labute approximate surface area is 202 Å². The van der Waals surface area contributed by atoms with Gasteiger partial charge in [0.05, 0.1) is 11.4 Å². The third-order valence-electron chi connectivity index (χ3n) is 5.20. The Balaban J connectivity index is 1.78. The molecule has 1 aromatic carbocycles. The summed E-state index contributed by atoms with van der Waals surface area (Å²) in [6.45, 7) is 11.7. The summed E-state index contributed by atoms with van der Waals surface area (Å²) in [4.78, 5) is 19.4. The molecule has 1 saturated heterocycles. The number of rotatable bonds is 10. The Morgan fingerprint density at radius 1 is 1.26 bits per heavy atom. The molecular weight excluding hydrogens is 460 g/mol. The number of ether oxygens (including phenoxy) is 1. The van der Waals surface area contributed by atoms with Crippen LogP contribution in [0.3, 0.4) is 0 Å². The third-order valence-corrected chi connectivity index (χ3v) is 5.83. The number of fused-ring (bicyclic) bond motifs is 1. The van der Waals surface area contributed by atoms with E-state index in [2.05, 4.69) is 55.6 Å². The Morgan fingerprint density at radius 2 is 2.03 bits per heavy atom. The molecule has 0 saturated carbocycles. The predicted octanol–water partition coefficient (Wildman–Crippen LogP) is 3.73. The number of thioether (sulfide) groups is 1. The summed E-state index contributed by atoms with van der Waals surface area (Å²) in [5.41, 5.74) is 1.12. The van der Waals surface area contributed by atoms with E-state index >= 15 is 0 Å². The maximum Gasteiger partial charge on any atom is 0.194 e. The van der Waals surface area contributed by atoms with Gasteiger partial charge < -0.3 is 24.8 Å². The van der Waals surface area contributed by atoms with Gasteiger partial charge in [-0.05, 0) is 38.9 Å². The van der Waals surface area contributed by atoms with E-state index in [9.17, 15) is 8.78 Å². The Hall–Kier alpha value is -3.18. The highest BCUT2D eigenvalue weighted by molar-refractivity contribution is 8.02. The van der Waals surface area contributed by atoms with Crippen molar-refractivity contribution in [2.24, 2.45) is 15.0 Å². The summed E-state index contributed by atoms with van der Waals surface area (Å²) < 4.78 is 34.8. The van der Waals surface area contributed by atoms with Crippen LogP contribution in [0.5, 0.6) is 5.75 Å². The average molecular weight is 490 g/mol. The van der Waals surface area contributed by atoms with E-state index < -0.39 is 17.4 Å². The van der Waals surface area contributed by atoms with Gasteiger partial charge in [-0.3, -0.25) is 4.99 Å². The SMILES string of the molecule is C=N/C=C\SCN/C(=C/C(=N\COc1c(F)cc2[nH]c(C)cc2c1F)N1CCN(C)CC1)N=C. The van der Waals surface area contributed by atoms with E-state index in [1.165, 1.54) is 17.8 Å². The van der Waals surface area contributed by atoms with Crippen molar-refractivity contribution in [2.45, 2.75) is 6.92 Å². The van der Waals surface area contributed by atoms with Crippen molar-refractivity contribution in [3.63, 3.8) is 0 Å². The molecule has 0 aliphatic carbocycles. The Kier molecular flexibility index (Phi) is 9.23. The van der Waals surface area contributed by atoms with Crippen LogP contribution >= 0.6 is 11.8 Å². The molecule has 2 heterocycles. The first-order chi connectivity index (χ1) is 16.4. The number of hydrogen-bond donors (Lipinski definition) is 2. The van der Waals surface area contributed by atoms with E-state index in [0.717, 1.165) is 31.9 Å². The molecule has 182 valence electrons. The highest BCUT2D eigenvalue weighted by atomic mass is 32.2. The molecule has 0 unspecified atom stereocenters. The van der Waals surface area contributed by atoms with Crippen LogP contribution in [-0.2, 0) is 0 Å². The first kappa shape index (κ1) is 25.4. The molecule has 3 rings (SSSR count). The summed E-state index contributed by atoms with van der Waals surface area (Å²) in [6, 6.07) is 2.84. The number of benzene rings is 1. The van der Waals surface area contributed by atoms with Gasteiger partial charge in [-0.25, -0.2) is 18.8 Å². The van der Waals surface area contributed by atoms with Crippen molar-refractivity contribution in [1.29, 1.82) is 0 Å². The first-order valence-electron chi connectivity index (χ1n) is 10.7. The molecular formula is C23H29F2N7OS. The van der Waals surface area contributed by atoms with Gasteiger partial charge in [0.1, 0.15) is 11.7 Å². The number of aromatic nitrogens is 1. The molecule has 11 heteroatoms. The van der Waals surface area contributed by atoms with Crippen LogP contribution in [-0.4, -0.2) is 79.9 Å².